The summed E-state index contributed by atoms with van der Waals surface area (Å²) in [5, 5.41) is 6.82. The highest BCUT2D eigenvalue weighted by Crippen LogP contribution is 2.50. The van der Waals surface area contributed by atoms with Gasteiger partial charge in [0.15, 0.2) is 0 Å². The molecule has 2 heteroatoms. The molecule has 0 N–H and O–H groups in total. The van der Waals surface area contributed by atoms with Crippen LogP contribution in [0.4, 0.5) is 0 Å². The molecule has 0 unspecified atom stereocenters. The van der Waals surface area contributed by atoms with E-state index >= 15 is 0 Å². The fourth-order valence-corrected chi connectivity index (χ4v) is 7.94. The third-order valence-electron chi connectivity index (χ3n) is 8.21. The van der Waals surface area contributed by atoms with E-state index < -0.39 is 0 Å². The van der Waals surface area contributed by atoms with Gasteiger partial charge in [-0.15, -0.1) is 11.3 Å². The first-order chi connectivity index (χ1) is 17.9. The third-order valence-corrected chi connectivity index (χ3v) is 9.38. The van der Waals surface area contributed by atoms with Crippen molar-refractivity contribution in [3.63, 3.8) is 0 Å². The van der Waals surface area contributed by atoms with Crippen molar-refractivity contribution in [2.24, 2.45) is 0 Å². The lowest BCUT2D eigenvalue weighted by atomic mass is 9.99. The zero-order valence-corrected chi connectivity index (χ0v) is 20.4. The molecule has 2 heterocycles. The standard InChI is InChI=1S/C34H21NS/c1-2-9-21-20(8-1)23-12-7-13-26-29(18-16-24(21)32(23)26)35-28-14-5-3-10-22(28)25-17-19-31-33(34(25)35)27-11-4-6-15-30(27)36-31/h1-3,5-10,12-19H,4,11H2. The van der Waals surface area contributed by atoms with Gasteiger partial charge in [-0.25, -0.2) is 0 Å². The minimum atomic E-state index is 1.12. The predicted molar refractivity (Wildman–Crippen MR) is 155 cm³/mol. The highest BCUT2D eigenvalue weighted by molar-refractivity contribution is 7.20. The van der Waals surface area contributed by atoms with E-state index in [1.807, 2.05) is 11.3 Å². The maximum Gasteiger partial charge on any atom is 0.0631 e. The first kappa shape index (κ1) is 19.1. The van der Waals surface area contributed by atoms with Crippen LogP contribution in [0.3, 0.4) is 0 Å². The van der Waals surface area contributed by atoms with Crippen LogP contribution in [-0.4, -0.2) is 4.57 Å². The molecule has 5 aromatic carbocycles. The van der Waals surface area contributed by atoms with Crippen molar-refractivity contribution < 1.29 is 0 Å². The molecule has 0 fully saturated rings. The average Bonchev–Trinajstić information content (AvgIpc) is 3.58. The summed E-state index contributed by atoms with van der Waals surface area (Å²) in [4.78, 5) is 1.43. The van der Waals surface area contributed by atoms with Gasteiger partial charge in [-0.05, 0) is 70.3 Å². The molecule has 168 valence electrons. The number of hydrogen-bond donors (Lipinski definition) is 0. The van der Waals surface area contributed by atoms with Gasteiger partial charge >= 0.3 is 0 Å². The van der Waals surface area contributed by atoms with Crippen LogP contribution in [0.1, 0.15) is 16.9 Å². The number of benzene rings is 5. The molecule has 1 nitrogen and oxygen atoms in total. The van der Waals surface area contributed by atoms with Gasteiger partial charge in [-0.2, -0.15) is 0 Å². The number of allylic oxidation sites excluding steroid dienone is 1. The number of aromatic nitrogens is 1. The molecule has 0 atom stereocenters. The summed E-state index contributed by atoms with van der Waals surface area (Å²) >= 11 is 1.94. The monoisotopic (exact) mass is 475 g/mol. The molecule has 0 amide bonds. The zero-order chi connectivity index (χ0) is 23.4. The van der Waals surface area contributed by atoms with Crippen molar-refractivity contribution in [2.75, 3.05) is 0 Å². The van der Waals surface area contributed by atoms with Crippen molar-refractivity contribution >= 4 is 60.1 Å². The molecule has 7 aromatic rings. The Morgan fingerprint density at radius 3 is 2.31 bits per heavy atom. The molecule has 0 bridgehead atoms. The molecule has 36 heavy (non-hydrogen) atoms. The smallest absolute Gasteiger partial charge is 0.0631 e. The molecule has 2 aromatic heterocycles. The predicted octanol–water partition coefficient (Wildman–Crippen LogP) is 9.76. The van der Waals surface area contributed by atoms with Gasteiger partial charge in [-0.1, -0.05) is 78.9 Å². The lowest BCUT2D eigenvalue weighted by molar-refractivity contribution is 1.01. The fourth-order valence-electron chi connectivity index (χ4n) is 6.76. The molecule has 2 aliphatic carbocycles. The van der Waals surface area contributed by atoms with Gasteiger partial charge in [0.25, 0.3) is 0 Å². The Bertz CT molecular complexity index is 2070. The second kappa shape index (κ2) is 6.75. The highest BCUT2D eigenvalue weighted by atomic mass is 32.1. The van der Waals surface area contributed by atoms with E-state index in [9.17, 15) is 0 Å². The maximum absolute atomic E-state index is 2.56. The fraction of sp³-hybridized carbons (Fsp3) is 0.0588. The van der Waals surface area contributed by atoms with E-state index in [-0.39, 0.29) is 0 Å². The van der Waals surface area contributed by atoms with E-state index in [0.29, 0.717) is 0 Å². The summed E-state index contributed by atoms with van der Waals surface area (Å²) in [5.74, 6) is 0. The third kappa shape index (κ3) is 2.26. The van der Waals surface area contributed by atoms with Crippen LogP contribution in [0.5, 0.6) is 0 Å². The van der Waals surface area contributed by atoms with E-state index in [2.05, 4.69) is 108 Å². The van der Waals surface area contributed by atoms with Crippen LogP contribution in [0.25, 0.3) is 76.7 Å². The first-order valence-electron chi connectivity index (χ1n) is 12.7. The topological polar surface area (TPSA) is 4.93 Å². The minimum Gasteiger partial charge on any atom is -0.308 e. The van der Waals surface area contributed by atoms with E-state index in [4.69, 9.17) is 0 Å². The first-order valence-corrected chi connectivity index (χ1v) is 13.5. The van der Waals surface area contributed by atoms with Crippen molar-refractivity contribution in [3.05, 3.63) is 108 Å². The maximum atomic E-state index is 2.56. The quantitative estimate of drug-likeness (QED) is 0.223. The second-order valence-electron chi connectivity index (χ2n) is 9.98. The molecule has 0 radical (unpaired) electrons. The molecular weight excluding hydrogens is 454 g/mol. The van der Waals surface area contributed by atoms with E-state index in [1.165, 1.54) is 81.0 Å². The Hall–Kier alpha value is -4.14. The van der Waals surface area contributed by atoms with Gasteiger partial charge in [0.2, 0.25) is 0 Å². The van der Waals surface area contributed by atoms with Gasteiger partial charge < -0.3 is 4.57 Å². The number of nitrogens with zero attached hydrogens (tertiary/aromatic N) is 1. The number of hydrogen-bond acceptors (Lipinski definition) is 1. The molecular formula is C34H21NS. The normalized spacial score (nSPS) is 13.8. The summed E-state index contributed by atoms with van der Waals surface area (Å²) in [7, 11) is 0. The number of rotatable bonds is 1. The summed E-state index contributed by atoms with van der Waals surface area (Å²) < 4.78 is 3.95. The van der Waals surface area contributed by atoms with E-state index in [1.54, 1.807) is 0 Å². The van der Waals surface area contributed by atoms with Crippen molar-refractivity contribution in [3.8, 4) is 27.9 Å². The largest absolute Gasteiger partial charge is 0.308 e. The molecule has 0 spiro atoms. The highest BCUT2D eigenvalue weighted by Gasteiger charge is 2.25. The molecule has 0 saturated heterocycles. The van der Waals surface area contributed by atoms with Gasteiger partial charge in [0, 0.05) is 31.1 Å². The van der Waals surface area contributed by atoms with Crippen LogP contribution < -0.4 is 0 Å². The van der Waals surface area contributed by atoms with Crippen molar-refractivity contribution in [1.82, 2.24) is 4.57 Å². The Labute approximate surface area is 212 Å². The number of thiophene rings is 1. The summed E-state index contributed by atoms with van der Waals surface area (Å²) in [6.07, 6.45) is 6.89. The minimum absolute atomic E-state index is 1.12. The van der Waals surface area contributed by atoms with Crippen molar-refractivity contribution in [1.29, 1.82) is 0 Å². The van der Waals surface area contributed by atoms with Crippen LogP contribution >= 0.6 is 11.3 Å². The SMILES string of the molecule is C1=Cc2sc3ccc4c5ccccc5n(-c5ccc6c7c(cccc57)-c5ccccc5-6)c4c3c2CC1. The molecule has 0 saturated carbocycles. The van der Waals surface area contributed by atoms with Gasteiger partial charge in [-0.3, -0.25) is 0 Å². The number of aryl methyl sites for hydroxylation is 1. The Morgan fingerprint density at radius 2 is 1.39 bits per heavy atom. The average molecular weight is 476 g/mol. The van der Waals surface area contributed by atoms with Crippen LogP contribution in [0.2, 0.25) is 0 Å². The zero-order valence-electron chi connectivity index (χ0n) is 19.6. The van der Waals surface area contributed by atoms with E-state index in [0.717, 1.165) is 12.8 Å². The lowest BCUT2D eigenvalue weighted by Gasteiger charge is -2.14. The Kier molecular flexibility index (Phi) is 3.58. The summed E-state index contributed by atoms with van der Waals surface area (Å²) in [6.45, 7) is 0. The van der Waals surface area contributed by atoms with Crippen LogP contribution in [0.15, 0.2) is 97.1 Å². The van der Waals surface area contributed by atoms with Crippen molar-refractivity contribution in [2.45, 2.75) is 12.8 Å². The summed E-state index contributed by atoms with van der Waals surface area (Å²) in [6, 6.07) is 34.0. The molecule has 9 rings (SSSR count). The molecule has 0 aliphatic heterocycles. The number of para-hydroxylation sites is 1. The van der Waals surface area contributed by atoms with Crippen LogP contribution in [-0.2, 0) is 6.42 Å². The summed E-state index contributed by atoms with van der Waals surface area (Å²) in [5.41, 5.74) is 10.8. The van der Waals surface area contributed by atoms with Gasteiger partial charge in [0.05, 0.1) is 16.7 Å². The van der Waals surface area contributed by atoms with Gasteiger partial charge in [0.1, 0.15) is 0 Å². The van der Waals surface area contributed by atoms with Crippen LogP contribution in [0, 0.1) is 0 Å². The Morgan fingerprint density at radius 1 is 0.611 bits per heavy atom. The molecule has 2 aliphatic rings. The lowest BCUT2D eigenvalue weighted by Crippen LogP contribution is -1.97. The Balaban J connectivity index is 1.49. The number of fused-ring (bicyclic) bond motifs is 10. The second-order valence-corrected chi connectivity index (χ2v) is 11.1.